The molecule has 0 aliphatic carbocycles. The Kier molecular flexibility index (Phi) is 5.25. The van der Waals surface area contributed by atoms with Gasteiger partial charge >= 0.3 is 0 Å². The van der Waals surface area contributed by atoms with Gasteiger partial charge < -0.3 is 9.72 Å². The van der Waals surface area contributed by atoms with E-state index in [2.05, 4.69) is 15.4 Å². The van der Waals surface area contributed by atoms with Crippen molar-refractivity contribution in [3.05, 3.63) is 47.3 Å². The first-order chi connectivity index (χ1) is 12.2. The van der Waals surface area contributed by atoms with E-state index in [1.807, 2.05) is 17.1 Å². The lowest BCUT2D eigenvalue weighted by molar-refractivity contribution is -0.108. The number of hydrazine groups is 1. The number of carbonyl (C=O) groups is 2. The Labute approximate surface area is 145 Å². The third-order valence-corrected chi connectivity index (χ3v) is 4.02. The van der Waals surface area contributed by atoms with Crippen LogP contribution in [0.1, 0.15) is 25.3 Å². The SMILES string of the molecule is C/C(C=O)=C(/NN1CCCC1)O/C(C=O)=C\c1c[nH]c2ncccc12. The molecule has 0 bridgehead atoms. The number of H-pyrrole nitrogens is 1. The fourth-order valence-electron chi connectivity index (χ4n) is 2.67. The quantitative estimate of drug-likeness (QED) is 0.456. The van der Waals surface area contributed by atoms with Crippen molar-refractivity contribution in [1.82, 2.24) is 20.4 Å². The summed E-state index contributed by atoms with van der Waals surface area (Å²) in [6.45, 7) is 3.38. The highest BCUT2D eigenvalue weighted by Crippen LogP contribution is 2.20. The molecule has 0 amide bonds. The van der Waals surface area contributed by atoms with E-state index in [4.69, 9.17) is 4.74 Å². The van der Waals surface area contributed by atoms with E-state index < -0.39 is 0 Å². The smallest absolute Gasteiger partial charge is 0.214 e. The fraction of sp³-hybridized carbons (Fsp3) is 0.278. The molecule has 0 radical (unpaired) electrons. The second-order valence-corrected chi connectivity index (χ2v) is 5.85. The van der Waals surface area contributed by atoms with Gasteiger partial charge in [-0.25, -0.2) is 9.99 Å². The van der Waals surface area contributed by atoms with Gasteiger partial charge in [-0.15, -0.1) is 0 Å². The van der Waals surface area contributed by atoms with Crippen molar-refractivity contribution in [3.63, 3.8) is 0 Å². The zero-order chi connectivity index (χ0) is 17.6. The van der Waals surface area contributed by atoms with Crippen LogP contribution in [-0.2, 0) is 14.3 Å². The first-order valence-electron chi connectivity index (χ1n) is 8.15. The van der Waals surface area contributed by atoms with E-state index >= 15 is 0 Å². The Bertz CT molecular complexity index is 832. The minimum Gasteiger partial charge on any atom is -0.436 e. The van der Waals surface area contributed by atoms with Gasteiger partial charge in [-0.1, -0.05) is 0 Å². The molecule has 1 fully saturated rings. The number of aldehydes is 2. The van der Waals surface area contributed by atoms with Crippen LogP contribution in [0, 0.1) is 0 Å². The molecule has 1 aliphatic rings. The summed E-state index contributed by atoms with van der Waals surface area (Å²) in [6.07, 6.45) is 8.57. The van der Waals surface area contributed by atoms with Crippen LogP contribution in [0.15, 0.2) is 41.7 Å². The lowest BCUT2D eigenvalue weighted by Gasteiger charge is -2.21. The van der Waals surface area contributed by atoms with E-state index in [0.717, 1.165) is 42.5 Å². The van der Waals surface area contributed by atoms with Gasteiger partial charge in [0.05, 0.1) is 5.57 Å². The average molecular weight is 340 g/mol. The number of pyridine rings is 1. The first kappa shape index (κ1) is 16.9. The topological polar surface area (TPSA) is 87.3 Å². The summed E-state index contributed by atoms with van der Waals surface area (Å²) in [4.78, 5) is 29.9. The number of aromatic amines is 1. The molecular weight excluding hydrogens is 320 g/mol. The summed E-state index contributed by atoms with van der Waals surface area (Å²) in [5.74, 6) is 0.376. The second kappa shape index (κ2) is 7.76. The van der Waals surface area contributed by atoms with Gasteiger partial charge in [0.15, 0.2) is 18.3 Å². The highest BCUT2D eigenvalue weighted by atomic mass is 16.5. The molecule has 0 unspecified atom stereocenters. The number of carbonyl (C=O) groups excluding carboxylic acids is 2. The Morgan fingerprint density at radius 2 is 2.12 bits per heavy atom. The first-order valence-corrected chi connectivity index (χ1v) is 8.15. The van der Waals surface area contributed by atoms with Crippen LogP contribution in [0.3, 0.4) is 0 Å². The normalized spacial score (nSPS) is 16.6. The van der Waals surface area contributed by atoms with Gasteiger partial charge in [0, 0.05) is 36.4 Å². The lowest BCUT2D eigenvalue weighted by atomic mass is 10.2. The van der Waals surface area contributed by atoms with Crippen LogP contribution in [0.4, 0.5) is 0 Å². The number of ether oxygens (including phenoxy) is 1. The van der Waals surface area contributed by atoms with Crippen molar-refractivity contribution in [1.29, 1.82) is 0 Å². The third kappa shape index (κ3) is 3.95. The number of aromatic nitrogens is 2. The number of nitrogens with one attached hydrogen (secondary N) is 2. The summed E-state index contributed by atoms with van der Waals surface area (Å²) in [5, 5.41) is 2.86. The minimum absolute atomic E-state index is 0.104. The molecule has 2 aromatic rings. The van der Waals surface area contributed by atoms with E-state index in [-0.39, 0.29) is 11.6 Å². The van der Waals surface area contributed by atoms with E-state index in [0.29, 0.717) is 18.1 Å². The molecular formula is C18H20N4O3. The largest absolute Gasteiger partial charge is 0.436 e. The molecule has 1 aliphatic heterocycles. The summed E-state index contributed by atoms with van der Waals surface area (Å²) in [5.41, 5.74) is 4.99. The van der Waals surface area contributed by atoms with Crippen LogP contribution < -0.4 is 5.43 Å². The van der Waals surface area contributed by atoms with Gasteiger partial charge in [-0.3, -0.25) is 15.0 Å². The Hall–Kier alpha value is -2.93. The Morgan fingerprint density at radius 1 is 1.32 bits per heavy atom. The number of rotatable bonds is 7. The van der Waals surface area contributed by atoms with Crippen molar-refractivity contribution < 1.29 is 14.3 Å². The van der Waals surface area contributed by atoms with Gasteiger partial charge in [-0.2, -0.15) is 0 Å². The van der Waals surface area contributed by atoms with Gasteiger partial charge in [0.1, 0.15) is 5.65 Å². The van der Waals surface area contributed by atoms with Crippen LogP contribution in [0.2, 0.25) is 0 Å². The molecule has 3 rings (SSSR count). The van der Waals surface area contributed by atoms with E-state index in [9.17, 15) is 9.59 Å². The maximum Gasteiger partial charge on any atom is 0.214 e. The van der Waals surface area contributed by atoms with Crippen LogP contribution >= 0.6 is 0 Å². The standard InChI is InChI=1S/C18H20N4O3/c1-13(11-23)18(21-22-7-2-3-8-22)25-15(12-24)9-14-10-20-17-16(14)5-4-6-19-17/h4-6,9-12,21H,2-3,7-8H2,1H3,(H,19,20)/b15-9-,18-13+. The number of hydrogen-bond donors (Lipinski definition) is 2. The molecule has 7 nitrogen and oxygen atoms in total. The van der Waals surface area contributed by atoms with Gasteiger partial charge in [0.25, 0.3) is 0 Å². The second-order valence-electron chi connectivity index (χ2n) is 5.85. The van der Waals surface area contributed by atoms with Crippen molar-refractivity contribution >= 4 is 29.7 Å². The molecule has 0 saturated carbocycles. The van der Waals surface area contributed by atoms with Crippen LogP contribution in [0.5, 0.6) is 0 Å². The zero-order valence-electron chi connectivity index (χ0n) is 14.0. The third-order valence-electron chi connectivity index (χ3n) is 4.02. The lowest BCUT2D eigenvalue weighted by Crippen LogP contribution is -2.36. The number of nitrogens with zero attached hydrogens (tertiary/aromatic N) is 2. The molecule has 1 saturated heterocycles. The van der Waals surface area contributed by atoms with Crippen LogP contribution in [-0.4, -0.2) is 40.6 Å². The van der Waals surface area contributed by atoms with Crippen molar-refractivity contribution in [2.24, 2.45) is 0 Å². The van der Waals surface area contributed by atoms with Crippen LogP contribution in [0.25, 0.3) is 17.1 Å². The minimum atomic E-state index is 0.104. The highest BCUT2D eigenvalue weighted by molar-refractivity contribution is 5.90. The highest BCUT2D eigenvalue weighted by Gasteiger charge is 2.16. The summed E-state index contributed by atoms with van der Waals surface area (Å²) in [7, 11) is 0. The average Bonchev–Trinajstić information content (AvgIpc) is 3.30. The predicted octanol–water partition coefficient (Wildman–Crippen LogP) is 2.15. The number of allylic oxidation sites excluding steroid dienone is 2. The van der Waals surface area contributed by atoms with Gasteiger partial charge in [0.2, 0.25) is 5.88 Å². The molecule has 0 aromatic carbocycles. The van der Waals surface area contributed by atoms with Crippen molar-refractivity contribution in [3.8, 4) is 0 Å². The molecule has 2 aromatic heterocycles. The molecule has 0 spiro atoms. The summed E-state index contributed by atoms with van der Waals surface area (Å²) >= 11 is 0. The number of fused-ring (bicyclic) bond motifs is 1. The Balaban J connectivity index is 1.85. The maximum atomic E-state index is 11.5. The number of hydrogen-bond acceptors (Lipinski definition) is 6. The van der Waals surface area contributed by atoms with Crippen molar-refractivity contribution in [2.45, 2.75) is 19.8 Å². The monoisotopic (exact) mass is 340 g/mol. The molecule has 7 heteroatoms. The predicted molar refractivity (Wildman–Crippen MR) is 93.9 cm³/mol. The maximum absolute atomic E-state index is 11.5. The Morgan fingerprint density at radius 3 is 2.84 bits per heavy atom. The molecule has 2 N–H and O–H groups in total. The summed E-state index contributed by atoms with van der Waals surface area (Å²) in [6, 6.07) is 3.73. The summed E-state index contributed by atoms with van der Waals surface area (Å²) < 4.78 is 5.69. The zero-order valence-corrected chi connectivity index (χ0v) is 14.0. The molecule has 130 valence electrons. The van der Waals surface area contributed by atoms with Crippen molar-refractivity contribution in [2.75, 3.05) is 13.1 Å². The molecule has 0 atom stereocenters. The van der Waals surface area contributed by atoms with E-state index in [1.165, 1.54) is 0 Å². The molecule has 25 heavy (non-hydrogen) atoms. The fourth-order valence-corrected chi connectivity index (χ4v) is 2.67. The van der Waals surface area contributed by atoms with E-state index in [1.54, 1.807) is 25.4 Å². The molecule has 3 heterocycles. The van der Waals surface area contributed by atoms with Gasteiger partial charge in [-0.05, 0) is 38.0 Å².